The van der Waals surface area contributed by atoms with Crippen molar-refractivity contribution in [3.8, 4) is 0 Å². The Kier molecular flexibility index (Phi) is 5.43. The van der Waals surface area contributed by atoms with Crippen LogP contribution >= 0.6 is 0 Å². The van der Waals surface area contributed by atoms with Crippen molar-refractivity contribution in [2.45, 2.75) is 58.3 Å². The number of hydrogen-bond donors (Lipinski definition) is 2. The van der Waals surface area contributed by atoms with E-state index in [0.29, 0.717) is 5.92 Å². The predicted molar refractivity (Wildman–Crippen MR) is 80.8 cm³/mol. The van der Waals surface area contributed by atoms with Gasteiger partial charge in [-0.05, 0) is 25.7 Å². The van der Waals surface area contributed by atoms with E-state index >= 15 is 0 Å². The lowest BCUT2D eigenvalue weighted by molar-refractivity contribution is 0.741. The quantitative estimate of drug-likeness (QED) is 0.665. The van der Waals surface area contributed by atoms with Crippen molar-refractivity contribution < 1.29 is 0 Å². The minimum atomic E-state index is 0.597. The molecule has 0 bridgehead atoms. The van der Waals surface area contributed by atoms with Crippen molar-refractivity contribution in [2.24, 2.45) is 0 Å². The maximum absolute atomic E-state index is 4.64. The number of aromatic nitrogens is 2. The van der Waals surface area contributed by atoms with Crippen LogP contribution in [0.25, 0.3) is 0 Å². The van der Waals surface area contributed by atoms with Crippen molar-refractivity contribution in [3.63, 3.8) is 0 Å². The summed E-state index contributed by atoms with van der Waals surface area (Å²) in [6, 6.07) is 2.04. The zero-order valence-corrected chi connectivity index (χ0v) is 12.2. The van der Waals surface area contributed by atoms with Crippen LogP contribution in [-0.2, 0) is 0 Å². The second kappa shape index (κ2) is 7.31. The van der Waals surface area contributed by atoms with Crippen molar-refractivity contribution in [1.82, 2.24) is 9.97 Å². The molecule has 0 unspecified atom stereocenters. The summed E-state index contributed by atoms with van der Waals surface area (Å²) in [5, 5.41) is 6.80. The van der Waals surface area contributed by atoms with Gasteiger partial charge in [-0.1, -0.05) is 26.7 Å². The zero-order valence-electron chi connectivity index (χ0n) is 12.2. The van der Waals surface area contributed by atoms with Gasteiger partial charge >= 0.3 is 0 Å². The van der Waals surface area contributed by atoms with Crippen molar-refractivity contribution in [1.29, 1.82) is 0 Å². The maximum atomic E-state index is 4.64. The van der Waals surface area contributed by atoms with Crippen LogP contribution < -0.4 is 10.6 Å². The van der Waals surface area contributed by atoms with Crippen LogP contribution in [0.15, 0.2) is 6.07 Å². The van der Waals surface area contributed by atoms with Crippen molar-refractivity contribution in [2.75, 3.05) is 23.7 Å². The fraction of sp³-hybridized carbons (Fsp3) is 0.733. The molecular formula is C15H26N4. The van der Waals surface area contributed by atoms with E-state index in [2.05, 4.69) is 34.4 Å². The van der Waals surface area contributed by atoms with Gasteiger partial charge in [-0.3, -0.25) is 0 Å². The zero-order chi connectivity index (χ0) is 13.5. The molecule has 106 valence electrons. The number of hydrogen-bond acceptors (Lipinski definition) is 4. The first-order valence-electron chi connectivity index (χ1n) is 7.70. The third-order valence-electron chi connectivity index (χ3n) is 3.33. The Balaban J connectivity index is 1.97. The first-order valence-corrected chi connectivity index (χ1v) is 7.70. The molecule has 0 amide bonds. The van der Waals surface area contributed by atoms with Crippen LogP contribution in [0.3, 0.4) is 0 Å². The molecule has 0 spiro atoms. The highest BCUT2D eigenvalue weighted by Crippen LogP contribution is 2.38. The van der Waals surface area contributed by atoms with Crippen LogP contribution in [0.2, 0.25) is 0 Å². The monoisotopic (exact) mass is 262 g/mol. The van der Waals surface area contributed by atoms with Crippen molar-refractivity contribution in [3.05, 3.63) is 11.9 Å². The summed E-state index contributed by atoms with van der Waals surface area (Å²) in [6.07, 6.45) is 7.33. The average molecular weight is 262 g/mol. The molecule has 1 fully saturated rings. The molecule has 1 aliphatic carbocycles. The normalized spacial score (nSPS) is 14.4. The van der Waals surface area contributed by atoms with Gasteiger partial charge in [0.25, 0.3) is 0 Å². The molecule has 0 saturated heterocycles. The van der Waals surface area contributed by atoms with Crippen LogP contribution in [0.1, 0.15) is 64.1 Å². The molecule has 1 aromatic heterocycles. The standard InChI is InChI=1S/C15H26N4/c1-3-5-6-10-17-14-11-13(16-9-4-2)18-15(19-14)12-7-8-12/h11-12H,3-10H2,1-2H3,(H2,16,17,18,19). The van der Waals surface area contributed by atoms with Gasteiger partial charge in [0.05, 0.1) is 0 Å². The molecule has 0 aromatic carbocycles. The van der Waals surface area contributed by atoms with Gasteiger partial charge in [0, 0.05) is 25.1 Å². The Morgan fingerprint density at radius 3 is 2.26 bits per heavy atom. The number of nitrogens with zero attached hydrogens (tertiary/aromatic N) is 2. The summed E-state index contributed by atoms with van der Waals surface area (Å²) >= 11 is 0. The molecule has 1 heterocycles. The molecular weight excluding hydrogens is 236 g/mol. The van der Waals surface area contributed by atoms with Crippen LogP contribution in [-0.4, -0.2) is 23.1 Å². The maximum Gasteiger partial charge on any atom is 0.136 e. The van der Waals surface area contributed by atoms with Gasteiger partial charge in [0.2, 0.25) is 0 Å². The van der Waals surface area contributed by atoms with Crippen LogP contribution in [0.4, 0.5) is 11.6 Å². The van der Waals surface area contributed by atoms with Gasteiger partial charge in [-0.2, -0.15) is 0 Å². The first-order chi connectivity index (χ1) is 9.33. The molecule has 2 rings (SSSR count). The molecule has 1 aliphatic rings. The van der Waals surface area contributed by atoms with Crippen LogP contribution in [0.5, 0.6) is 0 Å². The van der Waals surface area contributed by atoms with E-state index in [4.69, 9.17) is 0 Å². The van der Waals surface area contributed by atoms with Gasteiger partial charge in [-0.15, -0.1) is 0 Å². The van der Waals surface area contributed by atoms with E-state index < -0.39 is 0 Å². The number of nitrogens with one attached hydrogen (secondary N) is 2. The summed E-state index contributed by atoms with van der Waals surface area (Å²) in [5.74, 6) is 3.56. The Bertz CT molecular complexity index is 388. The van der Waals surface area contributed by atoms with Crippen LogP contribution in [0, 0.1) is 0 Å². The SMILES string of the molecule is CCCCCNc1cc(NCCC)nc(C2CC2)n1. The van der Waals surface area contributed by atoms with Gasteiger partial charge in [-0.25, -0.2) is 9.97 Å². The molecule has 0 atom stereocenters. The summed E-state index contributed by atoms with van der Waals surface area (Å²) in [4.78, 5) is 9.25. The van der Waals surface area contributed by atoms with E-state index in [1.165, 1.54) is 32.1 Å². The van der Waals surface area contributed by atoms with Gasteiger partial charge in [0.1, 0.15) is 17.5 Å². The first kappa shape index (κ1) is 14.1. The van der Waals surface area contributed by atoms with Crippen molar-refractivity contribution >= 4 is 11.6 Å². The Hall–Kier alpha value is -1.32. The van der Waals surface area contributed by atoms with Gasteiger partial charge in [0.15, 0.2) is 0 Å². The molecule has 4 nitrogen and oxygen atoms in total. The van der Waals surface area contributed by atoms with E-state index in [1.54, 1.807) is 0 Å². The lowest BCUT2D eigenvalue weighted by atomic mass is 10.2. The predicted octanol–water partition coefficient (Wildman–Crippen LogP) is 3.78. The molecule has 1 saturated carbocycles. The number of rotatable bonds is 9. The Morgan fingerprint density at radius 2 is 1.68 bits per heavy atom. The molecule has 4 heteroatoms. The lowest BCUT2D eigenvalue weighted by Gasteiger charge is -2.10. The van der Waals surface area contributed by atoms with E-state index in [0.717, 1.165) is 37.0 Å². The highest BCUT2D eigenvalue weighted by molar-refractivity contribution is 5.48. The molecule has 0 radical (unpaired) electrons. The third kappa shape index (κ3) is 4.69. The topological polar surface area (TPSA) is 49.8 Å². The fourth-order valence-corrected chi connectivity index (χ4v) is 2.02. The molecule has 19 heavy (non-hydrogen) atoms. The summed E-state index contributed by atoms with van der Waals surface area (Å²) in [7, 11) is 0. The number of unbranched alkanes of at least 4 members (excludes halogenated alkanes) is 2. The molecule has 2 N–H and O–H groups in total. The Morgan fingerprint density at radius 1 is 1.00 bits per heavy atom. The van der Waals surface area contributed by atoms with Gasteiger partial charge < -0.3 is 10.6 Å². The largest absolute Gasteiger partial charge is 0.370 e. The Labute approximate surface area is 116 Å². The minimum absolute atomic E-state index is 0.597. The highest BCUT2D eigenvalue weighted by atomic mass is 15.1. The second-order valence-electron chi connectivity index (χ2n) is 5.33. The molecule has 0 aliphatic heterocycles. The van der Waals surface area contributed by atoms with E-state index in [9.17, 15) is 0 Å². The summed E-state index contributed by atoms with van der Waals surface area (Å²) < 4.78 is 0. The lowest BCUT2D eigenvalue weighted by Crippen LogP contribution is -2.09. The number of anilines is 2. The third-order valence-corrected chi connectivity index (χ3v) is 3.33. The second-order valence-corrected chi connectivity index (χ2v) is 5.33. The molecule has 1 aromatic rings. The smallest absolute Gasteiger partial charge is 0.136 e. The summed E-state index contributed by atoms with van der Waals surface area (Å²) in [6.45, 7) is 6.36. The average Bonchev–Trinajstić information content (AvgIpc) is 3.26. The highest BCUT2D eigenvalue weighted by Gasteiger charge is 2.27. The fourth-order valence-electron chi connectivity index (χ4n) is 2.02. The summed E-state index contributed by atoms with van der Waals surface area (Å²) in [5.41, 5.74) is 0. The minimum Gasteiger partial charge on any atom is -0.370 e. The van der Waals surface area contributed by atoms with E-state index in [1.807, 2.05) is 6.07 Å². The van der Waals surface area contributed by atoms with E-state index in [-0.39, 0.29) is 0 Å².